The van der Waals surface area contributed by atoms with Crippen molar-refractivity contribution in [3.05, 3.63) is 23.1 Å². The first kappa shape index (κ1) is 13.0. The highest BCUT2D eigenvalue weighted by molar-refractivity contribution is 6.32. The van der Waals surface area contributed by atoms with E-state index in [-0.39, 0.29) is 16.5 Å². The van der Waals surface area contributed by atoms with E-state index in [2.05, 4.69) is 20.8 Å². The van der Waals surface area contributed by atoms with Crippen LogP contribution in [0, 0.1) is 10.8 Å². The third-order valence-electron chi connectivity index (χ3n) is 4.52. The van der Waals surface area contributed by atoms with Crippen LogP contribution < -0.4 is 0 Å². The Labute approximate surface area is 118 Å². The zero-order valence-electron chi connectivity index (χ0n) is 11.7. The normalized spacial score (nSPS) is 32.6. The molecule has 2 heterocycles. The number of halogens is 1. The average Bonchev–Trinajstić information content (AvgIpc) is 2.78. The molecule has 2 fully saturated rings. The van der Waals surface area contributed by atoms with Gasteiger partial charge in [-0.3, -0.25) is 4.79 Å². The van der Waals surface area contributed by atoms with E-state index in [4.69, 9.17) is 16.0 Å². The lowest BCUT2D eigenvalue weighted by molar-refractivity contribution is 0.0707. The van der Waals surface area contributed by atoms with Gasteiger partial charge in [-0.25, -0.2) is 0 Å². The predicted molar refractivity (Wildman–Crippen MR) is 74.3 cm³/mol. The SMILES string of the molecule is CC1(C)CC2CC(C)(CN2C(=O)c2ccoc2Cl)C1. The Kier molecular flexibility index (Phi) is 2.76. The number of amides is 1. The zero-order valence-corrected chi connectivity index (χ0v) is 12.5. The lowest BCUT2D eigenvalue weighted by Crippen LogP contribution is -2.37. The van der Waals surface area contributed by atoms with Gasteiger partial charge in [0, 0.05) is 12.6 Å². The topological polar surface area (TPSA) is 33.5 Å². The van der Waals surface area contributed by atoms with Crippen LogP contribution >= 0.6 is 11.6 Å². The molecule has 4 heteroatoms. The number of likely N-dealkylation sites (tertiary alicyclic amines) is 1. The van der Waals surface area contributed by atoms with Crippen LogP contribution in [0.15, 0.2) is 16.7 Å². The molecular formula is C15H20ClNO2. The highest BCUT2D eigenvalue weighted by Gasteiger charge is 2.51. The summed E-state index contributed by atoms with van der Waals surface area (Å²) in [7, 11) is 0. The summed E-state index contributed by atoms with van der Waals surface area (Å²) in [5.41, 5.74) is 1.06. The molecule has 2 unspecified atom stereocenters. The van der Waals surface area contributed by atoms with Gasteiger partial charge in [0.25, 0.3) is 5.91 Å². The van der Waals surface area contributed by atoms with Crippen LogP contribution in [-0.2, 0) is 0 Å². The van der Waals surface area contributed by atoms with Crippen LogP contribution in [0.3, 0.4) is 0 Å². The third-order valence-corrected chi connectivity index (χ3v) is 4.82. The van der Waals surface area contributed by atoms with Gasteiger partial charge in [0.05, 0.1) is 11.8 Å². The molecule has 0 aromatic carbocycles. The Hall–Kier alpha value is -0.960. The molecule has 2 atom stereocenters. The molecule has 3 rings (SSSR count). The molecule has 0 spiro atoms. The minimum absolute atomic E-state index is 0.0187. The number of hydrogen-bond acceptors (Lipinski definition) is 2. The smallest absolute Gasteiger partial charge is 0.258 e. The van der Waals surface area contributed by atoms with E-state index < -0.39 is 0 Å². The standard InChI is InChI=1S/C15H20ClNO2/c1-14(2)6-10-7-15(3,8-14)9-17(10)13(18)11-4-5-19-12(11)16/h4-5,10H,6-9H2,1-3H3. The summed E-state index contributed by atoms with van der Waals surface area (Å²) in [4.78, 5) is 14.6. The molecule has 1 aromatic rings. The summed E-state index contributed by atoms with van der Waals surface area (Å²) in [6, 6.07) is 2.01. The first-order valence-electron chi connectivity index (χ1n) is 6.84. The van der Waals surface area contributed by atoms with Crippen molar-refractivity contribution in [2.24, 2.45) is 10.8 Å². The molecule has 104 valence electrons. The zero-order chi connectivity index (χ0) is 13.8. The number of rotatable bonds is 1. The molecule has 1 saturated carbocycles. The van der Waals surface area contributed by atoms with Crippen molar-refractivity contribution in [3.63, 3.8) is 0 Å². The van der Waals surface area contributed by atoms with Crippen molar-refractivity contribution >= 4 is 17.5 Å². The molecule has 3 nitrogen and oxygen atoms in total. The average molecular weight is 282 g/mol. The maximum absolute atomic E-state index is 12.6. The fraction of sp³-hybridized carbons (Fsp3) is 0.667. The number of furan rings is 1. The lowest BCUT2D eigenvalue weighted by Gasteiger charge is -2.39. The molecular weight excluding hydrogens is 262 g/mol. The monoisotopic (exact) mass is 281 g/mol. The summed E-state index contributed by atoms with van der Waals surface area (Å²) in [5, 5.41) is 0.205. The van der Waals surface area contributed by atoms with E-state index in [1.807, 2.05) is 4.90 Å². The van der Waals surface area contributed by atoms with Crippen molar-refractivity contribution in [2.45, 2.75) is 46.1 Å². The highest BCUT2D eigenvalue weighted by Crippen LogP contribution is 2.52. The van der Waals surface area contributed by atoms with Crippen LogP contribution in [-0.4, -0.2) is 23.4 Å². The van der Waals surface area contributed by atoms with Gasteiger partial charge < -0.3 is 9.32 Å². The van der Waals surface area contributed by atoms with Crippen LogP contribution in [0.4, 0.5) is 0 Å². The highest BCUT2D eigenvalue weighted by atomic mass is 35.5. The van der Waals surface area contributed by atoms with E-state index in [0.29, 0.717) is 17.0 Å². The Balaban J connectivity index is 1.88. The first-order chi connectivity index (χ1) is 8.80. The van der Waals surface area contributed by atoms with Crippen LogP contribution in [0.5, 0.6) is 0 Å². The molecule has 1 aliphatic carbocycles. The molecule has 19 heavy (non-hydrogen) atoms. The fourth-order valence-electron chi connectivity index (χ4n) is 4.30. The summed E-state index contributed by atoms with van der Waals surface area (Å²) >= 11 is 5.93. The Morgan fingerprint density at radius 1 is 1.42 bits per heavy atom. The number of carbonyl (C=O) groups excluding carboxylic acids is 1. The van der Waals surface area contributed by atoms with Crippen molar-refractivity contribution in [1.29, 1.82) is 0 Å². The summed E-state index contributed by atoms with van der Waals surface area (Å²) in [6.45, 7) is 7.74. The number of hydrogen-bond donors (Lipinski definition) is 0. The second-order valence-corrected chi connectivity index (χ2v) is 7.60. The maximum Gasteiger partial charge on any atom is 0.258 e. The van der Waals surface area contributed by atoms with Gasteiger partial charge >= 0.3 is 0 Å². The van der Waals surface area contributed by atoms with Gasteiger partial charge in [0.1, 0.15) is 0 Å². The third kappa shape index (κ3) is 2.18. The summed E-state index contributed by atoms with van der Waals surface area (Å²) in [6.07, 6.45) is 4.84. The van der Waals surface area contributed by atoms with Gasteiger partial charge in [0.15, 0.2) is 0 Å². The molecule has 1 aromatic heterocycles. The van der Waals surface area contributed by atoms with Crippen molar-refractivity contribution < 1.29 is 9.21 Å². The quantitative estimate of drug-likeness (QED) is 0.780. The van der Waals surface area contributed by atoms with Crippen molar-refractivity contribution in [1.82, 2.24) is 4.90 Å². The maximum atomic E-state index is 12.6. The predicted octanol–water partition coefficient (Wildman–Crippen LogP) is 3.97. The fourth-order valence-corrected chi connectivity index (χ4v) is 4.49. The van der Waals surface area contributed by atoms with Gasteiger partial charge in [-0.15, -0.1) is 0 Å². The van der Waals surface area contributed by atoms with Gasteiger partial charge in [-0.05, 0) is 47.8 Å². The van der Waals surface area contributed by atoms with Gasteiger partial charge in [-0.1, -0.05) is 20.8 Å². The van der Waals surface area contributed by atoms with E-state index >= 15 is 0 Å². The number of fused-ring (bicyclic) bond motifs is 2. The largest absolute Gasteiger partial charge is 0.452 e. The minimum Gasteiger partial charge on any atom is -0.452 e. The van der Waals surface area contributed by atoms with Crippen LogP contribution in [0.25, 0.3) is 0 Å². The summed E-state index contributed by atoms with van der Waals surface area (Å²) in [5.74, 6) is 0.0187. The van der Waals surface area contributed by atoms with Crippen LogP contribution in [0.2, 0.25) is 5.22 Å². The van der Waals surface area contributed by atoms with Crippen LogP contribution in [0.1, 0.15) is 50.4 Å². The van der Waals surface area contributed by atoms with Crippen molar-refractivity contribution in [2.75, 3.05) is 6.54 Å². The summed E-state index contributed by atoms with van der Waals surface area (Å²) < 4.78 is 5.04. The molecule has 2 bridgehead atoms. The molecule has 0 radical (unpaired) electrons. The van der Waals surface area contributed by atoms with Gasteiger partial charge in [0.2, 0.25) is 5.22 Å². The second-order valence-electron chi connectivity index (χ2n) is 7.25. The molecule has 0 N–H and O–H groups in total. The molecule has 1 saturated heterocycles. The second kappa shape index (κ2) is 4.02. The Bertz CT molecular complexity index is 522. The Morgan fingerprint density at radius 2 is 2.16 bits per heavy atom. The molecule has 1 amide bonds. The number of carbonyl (C=O) groups is 1. The van der Waals surface area contributed by atoms with E-state index in [1.165, 1.54) is 12.7 Å². The minimum atomic E-state index is 0.0187. The Morgan fingerprint density at radius 3 is 2.79 bits per heavy atom. The lowest BCUT2D eigenvalue weighted by atomic mass is 9.65. The number of nitrogens with zero attached hydrogens (tertiary/aromatic N) is 1. The first-order valence-corrected chi connectivity index (χ1v) is 7.22. The molecule has 2 aliphatic rings. The van der Waals surface area contributed by atoms with E-state index in [9.17, 15) is 4.79 Å². The van der Waals surface area contributed by atoms with E-state index in [1.54, 1.807) is 6.07 Å². The molecule has 1 aliphatic heterocycles. The van der Waals surface area contributed by atoms with Gasteiger partial charge in [-0.2, -0.15) is 0 Å². The van der Waals surface area contributed by atoms with E-state index in [0.717, 1.165) is 19.4 Å². The van der Waals surface area contributed by atoms with Crippen molar-refractivity contribution in [3.8, 4) is 0 Å².